The summed E-state index contributed by atoms with van der Waals surface area (Å²) in [7, 11) is 0. The molecule has 0 aliphatic heterocycles. The molecule has 0 spiro atoms. The van der Waals surface area contributed by atoms with E-state index in [0.717, 1.165) is 22.4 Å². The Labute approximate surface area is 122 Å². The Balaban J connectivity index is 1.70. The van der Waals surface area contributed by atoms with Crippen molar-refractivity contribution in [3.63, 3.8) is 0 Å². The van der Waals surface area contributed by atoms with Gasteiger partial charge in [-0.2, -0.15) is 0 Å². The number of rotatable bonds is 4. The molecule has 1 aromatic carbocycles. The standard InChI is InChI=1S/C16H18N4O/c1-10-11(2)20-14-4-3-12(9-13(10)14)16(21)19-6-5-15-17-7-8-18-15/h3-4,7-9,20H,5-6H2,1-2H3,(H,17,18)(H,19,21). The fourth-order valence-electron chi connectivity index (χ4n) is 2.43. The summed E-state index contributed by atoms with van der Waals surface area (Å²) in [5.41, 5.74) is 4.08. The van der Waals surface area contributed by atoms with Gasteiger partial charge < -0.3 is 15.3 Å². The lowest BCUT2D eigenvalue weighted by Crippen LogP contribution is -2.25. The zero-order chi connectivity index (χ0) is 14.8. The van der Waals surface area contributed by atoms with Crippen molar-refractivity contribution in [1.82, 2.24) is 20.3 Å². The first-order chi connectivity index (χ1) is 10.1. The number of nitrogens with one attached hydrogen (secondary N) is 3. The molecule has 0 unspecified atom stereocenters. The van der Waals surface area contributed by atoms with E-state index in [1.165, 1.54) is 5.56 Å². The molecule has 3 rings (SSSR count). The SMILES string of the molecule is Cc1[nH]c2ccc(C(=O)NCCc3ncc[nH]3)cc2c1C. The summed E-state index contributed by atoms with van der Waals surface area (Å²) < 4.78 is 0. The van der Waals surface area contributed by atoms with Crippen LogP contribution in [0.4, 0.5) is 0 Å². The van der Waals surface area contributed by atoms with Crippen molar-refractivity contribution in [2.75, 3.05) is 6.54 Å². The van der Waals surface area contributed by atoms with Crippen LogP contribution in [0.1, 0.15) is 27.4 Å². The summed E-state index contributed by atoms with van der Waals surface area (Å²) in [6, 6.07) is 5.74. The third kappa shape index (κ3) is 2.67. The van der Waals surface area contributed by atoms with Crippen molar-refractivity contribution in [2.45, 2.75) is 20.3 Å². The average Bonchev–Trinajstić information content (AvgIpc) is 3.08. The van der Waals surface area contributed by atoms with Crippen molar-refractivity contribution in [1.29, 1.82) is 0 Å². The van der Waals surface area contributed by atoms with Crippen LogP contribution < -0.4 is 5.32 Å². The average molecular weight is 282 g/mol. The van der Waals surface area contributed by atoms with E-state index < -0.39 is 0 Å². The maximum Gasteiger partial charge on any atom is 0.251 e. The maximum absolute atomic E-state index is 12.2. The molecule has 0 atom stereocenters. The predicted octanol–water partition coefficient (Wildman–Crippen LogP) is 2.48. The second-order valence-corrected chi connectivity index (χ2v) is 5.18. The van der Waals surface area contributed by atoms with Gasteiger partial charge in [0.25, 0.3) is 5.91 Å². The molecule has 5 nitrogen and oxygen atoms in total. The second-order valence-electron chi connectivity index (χ2n) is 5.18. The highest BCUT2D eigenvalue weighted by Gasteiger charge is 2.09. The molecule has 0 aliphatic rings. The van der Waals surface area contributed by atoms with Gasteiger partial charge in [-0.25, -0.2) is 4.98 Å². The Bertz CT molecular complexity index is 771. The first kappa shape index (κ1) is 13.4. The van der Waals surface area contributed by atoms with Crippen molar-refractivity contribution < 1.29 is 4.79 Å². The number of hydrogen-bond donors (Lipinski definition) is 3. The van der Waals surface area contributed by atoms with E-state index in [2.05, 4.69) is 27.2 Å². The van der Waals surface area contributed by atoms with Crippen molar-refractivity contribution in [2.24, 2.45) is 0 Å². The van der Waals surface area contributed by atoms with Gasteiger partial charge in [-0.05, 0) is 37.6 Å². The minimum absolute atomic E-state index is 0.0540. The Morgan fingerprint density at radius 3 is 2.95 bits per heavy atom. The minimum Gasteiger partial charge on any atom is -0.358 e. The fourth-order valence-corrected chi connectivity index (χ4v) is 2.43. The molecule has 21 heavy (non-hydrogen) atoms. The van der Waals surface area contributed by atoms with Gasteiger partial charge in [-0.15, -0.1) is 0 Å². The molecule has 5 heteroatoms. The lowest BCUT2D eigenvalue weighted by atomic mass is 10.1. The van der Waals surface area contributed by atoms with Crippen molar-refractivity contribution in [3.8, 4) is 0 Å². The monoisotopic (exact) mass is 282 g/mol. The quantitative estimate of drug-likeness (QED) is 0.687. The van der Waals surface area contributed by atoms with Crippen LogP contribution in [-0.4, -0.2) is 27.4 Å². The number of aromatic nitrogens is 3. The highest BCUT2D eigenvalue weighted by Crippen LogP contribution is 2.22. The molecule has 108 valence electrons. The van der Waals surface area contributed by atoms with Crippen LogP contribution in [0.15, 0.2) is 30.6 Å². The van der Waals surface area contributed by atoms with Gasteiger partial charge in [0, 0.05) is 47.5 Å². The summed E-state index contributed by atoms with van der Waals surface area (Å²) in [4.78, 5) is 22.6. The third-order valence-electron chi connectivity index (χ3n) is 3.77. The van der Waals surface area contributed by atoms with E-state index in [1.54, 1.807) is 12.4 Å². The molecule has 0 saturated carbocycles. The van der Waals surface area contributed by atoms with E-state index in [1.807, 2.05) is 25.1 Å². The van der Waals surface area contributed by atoms with Gasteiger partial charge in [0.15, 0.2) is 0 Å². The van der Waals surface area contributed by atoms with Gasteiger partial charge in [0.05, 0.1) is 0 Å². The van der Waals surface area contributed by atoms with Crippen molar-refractivity contribution >= 4 is 16.8 Å². The number of nitrogens with zero attached hydrogens (tertiary/aromatic N) is 1. The zero-order valence-corrected chi connectivity index (χ0v) is 12.2. The smallest absolute Gasteiger partial charge is 0.251 e. The van der Waals surface area contributed by atoms with E-state index in [-0.39, 0.29) is 5.91 Å². The van der Waals surface area contributed by atoms with Gasteiger partial charge >= 0.3 is 0 Å². The fraction of sp³-hybridized carbons (Fsp3) is 0.250. The largest absolute Gasteiger partial charge is 0.358 e. The molecule has 2 aromatic heterocycles. The van der Waals surface area contributed by atoms with Gasteiger partial charge in [-0.3, -0.25) is 4.79 Å². The third-order valence-corrected chi connectivity index (χ3v) is 3.77. The molecule has 0 saturated heterocycles. The summed E-state index contributed by atoms with van der Waals surface area (Å²) in [6.45, 7) is 4.67. The van der Waals surface area contributed by atoms with Crippen LogP contribution in [0.25, 0.3) is 10.9 Å². The maximum atomic E-state index is 12.2. The number of imidazole rings is 1. The highest BCUT2D eigenvalue weighted by molar-refractivity contribution is 5.99. The molecular formula is C16H18N4O. The van der Waals surface area contributed by atoms with Gasteiger partial charge in [0.2, 0.25) is 0 Å². The molecular weight excluding hydrogens is 264 g/mol. The summed E-state index contributed by atoms with van der Waals surface area (Å²) in [6.07, 6.45) is 4.19. The summed E-state index contributed by atoms with van der Waals surface area (Å²) in [5, 5.41) is 4.02. The molecule has 1 amide bonds. The number of hydrogen-bond acceptors (Lipinski definition) is 2. The molecule has 0 bridgehead atoms. The van der Waals surface area contributed by atoms with Crippen LogP contribution in [0.3, 0.4) is 0 Å². The van der Waals surface area contributed by atoms with Crippen LogP contribution in [-0.2, 0) is 6.42 Å². The van der Waals surface area contributed by atoms with Crippen molar-refractivity contribution in [3.05, 3.63) is 53.2 Å². The number of amides is 1. The molecule has 3 N–H and O–H groups in total. The molecule has 0 aliphatic carbocycles. The second kappa shape index (κ2) is 5.44. The summed E-state index contributed by atoms with van der Waals surface area (Å²) >= 11 is 0. The van der Waals surface area contributed by atoms with E-state index >= 15 is 0 Å². The number of fused-ring (bicyclic) bond motifs is 1. The Morgan fingerprint density at radius 1 is 1.33 bits per heavy atom. The lowest BCUT2D eigenvalue weighted by Gasteiger charge is -2.04. The normalized spacial score (nSPS) is 11.0. The summed E-state index contributed by atoms with van der Waals surface area (Å²) in [5.74, 6) is 0.824. The predicted molar refractivity (Wildman–Crippen MR) is 82.4 cm³/mol. The number of carbonyl (C=O) groups is 1. The topological polar surface area (TPSA) is 73.6 Å². The number of aryl methyl sites for hydroxylation is 2. The molecule has 0 radical (unpaired) electrons. The Kier molecular flexibility index (Phi) is 3.48. The molecule has 3 aromatic rings. The lowest BCUT2D eigenvalue weighted by molar-refractivity contribution is 0.0954. The minimum atomic E-state index is -0.0540. The number of benzene rings is 1. The first-order valence-electron chi connectivity index (χ1n) is 7.00. The van der Waals surface area contributed by atoms with Crippen LogP contribution in [0.5, 0.6) is 0 Å². The Morgan fingerprint density at radius 2 is 2.19 bits per heavy atom. The van der Waals surface area contributed by atoms with Gasteiger partial charge in [-0.1, -0.05) is 0 Å². The van der Waals surface area contributed by atoms with E-state index in [0.29, 0.717) is 18.5 Å². The molecule has 0 fully saturated rings. The molecule has 2 heterocycles. The van der Waals surface area contributed by atoms with E-state index in [9.17, 15) is 4.79 Å². The van der Waals surface area contributed by atoms with Gasteiger partial charge in [0.1, 0.15) is 5.82 Å². The van der Waals surface area contributed by atoms with E-state index in [4.69, 9.17) is 0 Å². The first-order valence-corrected chi connectivity index (χ1v) is 7.00. The van der Waals surface area contributed by atoms with Crippen LogP contribution >= 0.6 is 0 Å². The number of carbonyl (C=O) groups excluding carboxylic acids is 1. The number of H-pyrrole nitrogens is 2. The zero-order valence-electron chi connectivity index (χ0n) is 12.2. The number of aromatic amines is 2. The highest BCUT2D eigenvalue weighted by atomic mass is 16.1. The van der Waals surface area contributed by atoms with Crippen LogP contribution in [0, 0.1) is 13.8 Å². The Hall–Kier alpha value is -2.56. The van der Waals surface area contributed by atoms with Crippen LogP contribution in [0.2, 0.25) is 0 Å².